The SMILES string of the molecule is C[C@H](CO)NC1CCC(Nc2cc(-c3cccc(NCC4(N)CCOCC4)n3)c(Cl)cn2)CC1. The van der Waals surface area contributed by atoms with Crippen molar-refractivity contribution in [3.63, 3.8) is 0 Å². The third kappa shape index (κ3) is 6.79. The summed E-state index contributed by atoms with van der Waals surface area (Å²) in [5.41, 5.74) is 7.88. The molecule has 6 N–H and O–H groups in total. The Morgan fingerprint density at radius 3 is 2.65 bits per heavy atom. The fourth-order valence-corrected chi connectivity index (χ4v) is 4.89. The van der Waals surface area contributed by atoms with Crippen molar-refractivity contribution in [2.45, 2.75) is 69.1 Å². The summed E-state index contributed by atoms with van der Waals surface area (Å²) in [4.78, 5) is 9.29. The van der Waals surface area contributed by atoms with Crippen LogP contribution in [0.25, 0.3) is 11.3 Å². The highest BCUT2D eigenvalue weighted by Crippen LogP contribution is 2.30. The third-order valence-electron chi connectivity index (χ3n) is 6.86. The Morgan fingerprint density at radius 2 is 1.91 bits per heavy atom. The number of nitrogens with zero attached hydrogens (tertiary/aromatic N) is 2. The fourth-order valence-electron chi connectivity index (χ4n) is 4.69. The lowest BCUT2D eigenvalue weighted by Crippen LogP contribution is -2.50. The zero-order valence-electron chi connectivity index (χ0n) is 19.9. The second kappa shape index (κ2) is 11.6. The van der Waals surface area contributed by atoms with E-state index in [0.717, 1.165) is 61.4 Å². The first-order chi connectivity index (χ1) is 16.4. The number of halogens is 1. The number of ether oxygens (including phenoxy) is 1. The molecule has 0 aromatic carbocycles. The molecule has 4 rings (SSSR count). The molecule has 0 radical (unpaired) electrons. The van der Waals surface area contributed by atoms with E-state index in [1.165, 1.54) is 0 Å². The van der Waals surface area contributed by atoms with Crippen LogP contribution in [0.1, 0.15) is 45.4 Å². The van der Waals surface area contributed by atoms with Gasteiger partial charge < -0.3 is 31.5 Å². The number of anilines is 2. The van der Waals surface area contributed by atoms with E-state index in [4.69, 9.17) is 27.1 Å². The number of nitrogens with two attached hydrogens (primary N) is 1. The lowest BCUT2D eigenvalue weighted by Gasteiger charge is -2.33. The van der Waals surface area contributed by atoms with Gasteiger partial charge in [-0.3, -0.25) is 0 Å². The zero-order chi connectivity index (χ0) is 24.0. The van der Waals surface area contributed by atoms with Crippen LogP contribution in [-0.2, 0) is 4.74 Å². The molecule has 8 nitrogen and oxygen atoms in total. The van der Waals surface area contributed by atoms with Crippen molar-refractivity contribution < 1.29 is 9.84 Å². The maximum absolute atomic E-state index is 9.26. The Kier molecular flexibility index (Phi) is 8.60. The second-order valence-electron chi connectivity index (χ2n) is 9.73. The van der Waals surface area contributed by atoms with Gasteiger partial charge in [-0.1, -0.05) is 17.7 Å². The van der Waals surface area contributed by atoms with Crippen LogP contribution in [0.4, 0.5) is 11.6 Å². The number of hydrogen-bond acceptors (Lipinski definition) is 8. The van der Waals surface area contributed by atoms with Gasteiger partial charge in [0.2, 0.25) is 0 Å². The molecule has 2 aromatic rings. The second-order valence-corrected chi connectivity index (χ2v) is 10.1. The van der Waals surface area contributed by atoms with Crippen molar-refractivity contribution in [1.82, 2.24) is 15.3 Å². The molecule has 1 saturated carbocycles. The van der Waals surface area contributed by atoms with E-state index in [0.29, 0.717) is 36.9 Å². The van der Waals surface area contributed by atoms with E-state index in [1.54, 1.807) is 6.20 Å². The largest absolute Gasteiger partial charge is 0.395 e. The van der Waals surface area contributed by atoms with Gasteiger partial charge in [-0.15, -0.1) is 0 Å². The monoisotopic (exact) mass is 488 g/mol. The minimum absolute atomic E-state index is 0.139. The molecule has 2 aliphatic rings. The lowest BCUT2D eigenvalue weighted by molar-refractivity contribution is 0.0574. The minimum atomic E-state index is -0.272. The highest BCUT2D eigenvalue weighted by Gasteiger charge is 2.28. The van der Waals surface area contributed by atoms with Gasteiger partial charge >= 0.3 is 0 Å². The molecule has 0 unspecified atom stereocenters. The van der Waals surface area contributed by atoms with Crippen LogP contribution < -0.4 is 21.7 Å². The molecule has 2 aromatic heterocycles. The van der Waals surface area contributed by atoms with Crippen LogP contribution in [0.5, 0.6) is 0 Å². The summed E-state index contributed by atoms with van der Waals surface area (Å²) in [5, 5.41) is 20.3. The van der Waals surface area contributed by atoms with Crippen LogP contribution in [0.2, 0.25) is 5.02 Å². The fraction of sp³-hybridized carbons (Fsp3) is 0.600. The first-order valence-electron chi connectivity index (χ1n) is 12.3. The van der Waals surface area contributed by atoms with Gasteiger partial charge in [0.25, 0.3) is 0 Å². The molecule has 9 heteroatoms. The van der Waals surface area contributed by atoms with Gasteiger partial charge in [0.1, 0.15) is 11.6 Å². The van der Waals surface area contributed by atoms with E-state index < -0.39 is 0 Å². The van der Waals surface area contributed by atoms with E-state index in [2.05, 4.69) is 20.9 Å². The van der Waals surface area contributed by atoms with E-state index in [-0.39, 0.29) is 18.2 Å². The maximum Gasteiger partial charge on any atom is 0.126 e. The van der Waals surface area contributed by atoms with E-state index >= 15 is 0 Å². The molecule has 0 bridgehead atoms. The van der Waals surface area contributed by atoms with Crippen LogP contribution in [0, 0.1) is 0 Å². The van der Waals surface area contributed by atoms with Gasteiger partial charge in [0, 0.05) is 55.2 Å². The molecular weight excluding hydrogens is 452 g/mol. The van der Waals surface area contributed by atoms with Crippen molar-refractivity contribution in [1.29, 1.82) is 0 Å². The summed E-state index contributed by atoms with van der Waals surface area (Å²) in [6.45, 7) is 4.24. The lowest BCUT2D eigenvalue weighted by atomic mass is 9.90. The number of aliphatic hydroxyl groups is 1. The third-order valence-corrected chi connectivity index (χ3v) is 7.16. The molecular formula is C25H37ClN6O2. The normalized spacial score (nSPS) is 23.3. The molecule has 34 heavy (non-hydrogen) atoms. The minimum Gasteiger partial charge on any atom is -0.395 e. The Morgan fingerprint density at radius 1 is 1.18 bits per heavy atom. The number of hydrogen-bond donors (Lipinski definition) is 5. The van der Waals surface area contributed by atoms with Gasteiger partial charge in [0.15, 0.2) is 0 Å². The molecule has 186 valence electrons. The predicted octanol–water partition coefficient (Wildman–Crippen LogP) is 3.41. The molecule has 2 fully saturated rings. The number of aromatic nitrogens is 2. The molecule has 1 atom stereocenters. The topological polar surface area (TPSA) is 117 Å². The molecule has 1 aliphatic heterocycles. The van der Waals surface area contributed by atoms with E-state index in [1.807, 2.05) is 31.2 Å². The Balaban J connectivity index is 1.38. The summed E-state index contributed by atoms with van der Waals surface area (Å²) >= 11 is 6.51. The Labute approximate surface area is 207 Å². The summed E-state index contributed by atoms with van der Waals surface area (Å²) in [7, 11) is 0. The quantitative estimate of drug-likeness (QED) is 0.364. The molecule has 0 amide bonds. The van der Waals surface area contributed by atoms with Crippen LogP contribution in [0.3, 0.4) is 0 Å². The van der Waals surface area contributed by atoms with Crippen molar-refractivity contribution in [3.8, 4) is 11.3 Å². The Bertz CT molecular complexity index is 931. The standard InChI is InChI=1S/C25H37ClN6O2/c1-17(15-33)30-18-5-7-19(8-6-18)31-24-13-20(21(26)14-28-24)22-3-2-4-23(32-22)29-16-25(27)9-11-34-12-10-25/h2-4,13-14,17-19,30,33H,5-12,15-16,27H2,1H3,(H,28,31)(H,29,32)/t17-,18?,19?/m1/s1. The summed E-state index contributed by atoms with van der Waals surface area (Å²) in [6.07, 6.45) is 7.62. The van der Waals surface area contributed by atoms with Crippen LogP contribution in [-0.4, -0.2) is 65.1 Å². The smallest absolute Gasteiger partial charge is 0.126 e. The van der Waals surface area contributed by atoms with E-state index in [9.17, 15) is 5.11 Å². The number of nitrogens with one attached hydrogen (secondary N) is 3. The molecule has 1 saturated heterocycles. The van der Waals surface area contributed by atoms with Crippen LogP contribution in [0.15, 0.2) is 30.5 Å². The number of aliphatic hydroxyl groups excluding tert-OH is 1. The average molecular weight is 489 g/mol. The average Bonchev–Trinajstić information content (AvgIpc) is 2.86. The molecule has 0 spiro atoms. The van der Waals surface area contributed by atoms with Crippen molar-refractivity contribution in [3.05, 3.63) is 35.5 Å². The maximum atomic E-state index is 9.26. The van der Waals surface area contributed by atoms with Crippen molar-refractivity contribution >= 4 is 23.2 Å². The van der Waals surface area contributed by atoms with Crippen LogP contribution >= 0.6 is 11.6 Å². The zero-order valence-corrected chi connectivity index (χ0v) is 20.7. The van der Waals surface area contributed by atoms with Gasteiger partial charge in [-0.2, -0.15) is 0 Å². The first kappa shape index (κ1) is 25.1. The summed E-state index contributed by atoms with van der Waals surface area (Å²) in [6, 6.07) is 8.83. The van der Waals surface area contributed by atoms with Crippen molar-refractivity contribution in [2.24, 2.45) is 5.73 Å². The Hall–Kier alpha value is -1.97. The summed E-state index contributed by atoms with van der Waals surface area (Å²) < 4.78 is 5.44. The highest BCUT2D eigenvalue weighted by molar-refractivity contribution is 6.33. The van der Waals surface area contributed by atoms with Gasteiger partial charge in [-0.05, 0) is 63.6 Å². The summed E-state index contributed by atoms with van der Waals surface area (Å²) in [5.74, 6) is 1.59. The predicted molar refractivity (Wildman–Crippen MR) is 137 cm³/mol. The molecule has 3 heterocycles. The number of rotatable bonds is 9. The van der Waals surface area contributed by atoms with Gasteiger partial charge in [0.05, 0.1) is 17.3 Å². The van der Waals surface area contributed by atoms with Crippen molar-refractivity contribution in [2.75, 3.05) is 37.0 Å². The highest BCUT2D eigenvalue weighted by atomic mass is 35.5. The number of pyridine rings is 2. The first-order valence-corrected chi connectivity index (χ1v) is 12.7. The van der Waals surface area contributed by atoms with Gasteiger partial charge in [-0.25, -0.2) is 9.97 Å². The molecule has 1 aliphatic carbocycles.